The summed E-state index contributed by atoms with van der Waals surface area (Å²) in [5, 5.41) is 0. The van der Waals surface area contributed by atoms with E-state index in [1.165, 1.54) is 16.7 Å². The summed E-state index contributed by atoms with van der Waals surface area (Å²) in [5.74, 6) is 0.900. The SMILES string of the molecule is C=C(Cc1ccc(C)cc1)/C(C)=C\C=C(/C)OC. The van der Waals surface area contributed by atoms with E-state index in [0.717, 1.165) is 17.8 Å². The second-order valence-electron chi connectivity index (χ2n) is 4.60. The summed E-state index contributed by atoms with van der Waals surface area (Å²) < 4.78 is 5.10. The number of allylic oxidation sites excluding steroid dienone is 5. The Kier molecular flexibility index (Phi) is 5.44. The molecule has 0 heterocycles. The first kappa shape index (κ1) is 14.3. The topological polar surface area (TPSA) is 9.23 Å². The van der Waals surface area contributed by atoms with E-state index in [4.69, 9.17) is 4.74 Å². The summed E-state index contributed by atoms with van der Waals surface area (Å²) in [6.45, 7) is 10.3. The Labute approximate surface area is 110 Å². The summed E-state index contributed by atoms with van der Waals surface area (Å²) in [4.78, 5) is 0. The second kappa shape index (κ2) is 6.85. The summed E-state index contributed by atoms with van der Waals surface area (Å²) in [6, 6.07) is 8.58. The van der Waals surface area contributed by atoms with E-state index in [1.54, 1.807) is 7.11 Å². The van der Waals surface area contributed by atoms with Gasteiger partial charge < -0.3 is 4.74 Å². The molecule has 0 fully saturated rings. The molecule has 0 saturated heterocycles. The highest BCUT2D eigenvalue weighted by Crippen LogP contribution is 2.15. The van der Waals surface area contributed by atoms with Crippen molar-refractivity contribution in [1.29, 1.82) is 0 Å². The first-order valence-electron chi connectivity index (χ1n) is 6.16. The third kappa shape index (κ3) is 4.62. The largest absolute Gasteiger partial charge is 0.501 e. The van der Waals surface area contributed by atoms with Crippen LogP contribution >= 0.6 is 0 Å². The monoisotopic (exact) mass is 242 g/mol. The molecule has 0 amide bonds. The number of hydrogen-bond acceptors (Lipinski definition) is 1. The first-order valence-corrected chi connectivity index (χ1v) is 6.16. The van der Waals surface area contributed by atoms with E-state index in [2.05, 4.69) is 50.8 Å². The average Bonchev–Trinajstić information content (AvgIpc) is 2.38. The number of aryl methyl sites for hydroxylation is 1. The van der Waals surface area contributed by atoms with Gasteiger partial charge in [-0.05, 0) is 50.0 Å². The van der Waals surface area contributed by atoms with Crippen LogP contribution in [0.1, 0.15) is 25.0 Å². The number of benzene rings is 1. The number of ether oxygens (including phenoxy) is 1. The molecule has 0 bridgehead atoms. The zero-order valence-corrected chi connectivity index (χ0v) is 11.8. The van der Waals surface area contributed by atoms with Crippen molar-refractivity contribution in [1.82, 2.24) is 0 Å². The van der Waals surface area contributed by atoms with Crippen LogP contribution in [0.25, 0.3) is 0 Å². The van der Waals surface area contributed by atoms with Gasteiger partial charge in [-0.15, -0.1) is 0 Å². The summed E-state index contributed by atoms with van der Waals surface area (Å²) >= 11 is 0. The van der Waals surface area contributed by atoms with Gasteiger partial charge in [0.05, 0.1) is 12.9 Å². The van der Waals surface area contributed by atoms with Gasteiger partial charge in [-0.1, -0.05) is 42.5 Å². The molecule has 0 saturated carbocycles. The van der Waals surface area contributed by atoms with Gasteiger partial charge >= 0.3 is 0 Å². The van der Waals surface area contributed by atoms with Crippen LogP contribution in [-0.4, -0.2) is 7.11 Å². The third-order valence-electron chi connectivity index (χ3n) is 2.99. The van der Waals surface area contributed by atoms with Gasteiger partial charge in [-0.25, -0.2) is 0 Å². The van der Waals surface area contributed by atoms with E-state index in [0.29, 0.717) is 0 Å². The summed E-state index contributed by atoms with van der Waals surface area (Å²) in [6.07, 6.45) is 4.91. The summed E-state index contributed by atoms with van der Waals surface area (Å²) in [7, 11) is 1.68. The molecule has 1 nitrogen and oxygen atoms in total. The molecule has 0 radical (unpaired) electrons. The third-order valence-corrected chi connectivity index (χ3v) is 2.99. The van der Waals surface area contributed by atoms with Crippen molar-refractivity contribution in [2.24, 2.45) is 0 Å². The van der Waals surface area contributed by atoms with E-state index >= 15 is 0 Å². The number of hydrogen-bond donors (Lipinski definition) is 0. The zero-order chi connectivity index (χ0) is 13.5. The maximum absolute atomic E-state index is 5.10. The minimum Gasteiger partial charge on any atom is -0.501 e. The highest BCUT2D eigenvalue weighted by Gasteiger charge is 1.99. The van der Waals surface area contributed by atoms with Crippen LogP contribution in [0.2, 0.25) is 0 Å². The van der Waals surface area contributed by atoms with Crippen molar-refractivity contribution in [3.05, 3.63) is 71.0 Å². The van der Waals surface area contributed by atoms with E-state index in [9.17, 15) is 0 Å². The van der Waals surface area contributed by atoms with Crippen LogP contribution in [-0.2, 0) is 11.2 Å². The van der Waals surface area contributed by atoms with Crippen molar-refractivity contribution in [2.45, 2.75) is 27.2 Å². The Bertz CT molecular complexity index is 461. The van der Waals surface area contributed by atoms with Crippen molar-refractivity contribution < 1.29 is 4.74 Å². The van der Waals surface area contributed by atoms with Gasteiger partial charge in [0, 0.05) is 0 Å². The second-order valence-corrected chi connectivity index (χ2v) is 4.60. The summed E-state index contributed by atoms with van der Waals surface area (Å²) in [5.41, 5.74) is 4.91. The molecule has 18 heavy (non-hydrogen) atoms. The van der Waals surface area contributed by atoms with Gasteiger partial charge in [-0.3, -0.25) is 0 Å². The molecule has 0 N–H and O–H groups in total. The first-order chi connectivity index (χ1) is 8.52. The Morgan fingerprint density at radius 2 is 1.78 bits per heavy atom. The van der Waals surface area contributed by atoms with Gasteiger partial charge in [0.25, 0.3) is 0 Å². The van der Waals surface area contributed by atoms with Crippen LogP contribution in [0.5, 0.6) is 0 Å². The van der Waals surface area contributed by atoms with Gasteiger partial charge in [-0.2, -0.15) is 0 Å². The molecule has 1 rings (SSSR count). The molecule has 0 unspecified atom stereocenters. The lowest BCUT2D eigenvalue weighted by Crippen LogP contribution is -1.91. The predicted octanol–water partition coefficient (Wildman–Crippen LogP) is 4.59. The van der Waals surface area contributed by atoms with E-state index in [-0.39, 0.29) is 0 Å². The van der Waals surface area contributed by atoms with Crippen LogP contribution in [0, 0.1) is 6.92 Å². The van der Waals surface area contributed by atoms with Crippen LogP contribution < -0.4 is 0 Å². The molecule has 0 aliphatic carbocycles. The minimum absolute atomic E-state index is 0.891. The highest BCUT2D eigenvalue weighted by molar-refractivity contribution is 5.35. The molecule has 0 aliphatic rings. The molecule has 1 heteroatoms. The lowest BCUT2D eigenvalue weighted by molar-refractivity contribution is 0.294. The molecule has 96 valence electrons. The zero-order valence-electron chi connectivity index (χ0n) is 11.8. The molecule has 1 aromatic rings. The van der Waals surface area contributed by atoms with Crippen molar-refractivity contribution in [3.63, 3.8) is 0 Å². The Hall–Kier alpha value is -1.76. The Balaban J connectivity index is 2.68. The quantitative estimate of drug-likeness (QED) is 0.542. The molecule has 0 aliphatic heterocycles. The van der Waals surface area contributed by atoms with Crippen LogP contribution in [0.3, 0.4) is 0 Å². The average molecular weight is 242 g/mol. The fourth-order valence-corrected chi connectivity index (χ4v) is 1.52. The van der Waals surface area contributed by atoms with Gasteiger partial charge in [0.2, 0.25) is 0 Å². The normalized spacial score (nSPS) is 12.4. The van der Waals surface area contributed by atoms with Gasteiger partial charge in [0.15, 0.2) is 0 Å². The lowest BCUT2D eigenvalue weighted by Gasteiger charge is -2.06. The predicted molar refractivity (Wildman–Crippen MR) is 78.5 cm³/mol. The van der Waals surface area contributed by atoms with Crippen molar-refractivity contribution in [2.75, 3.05) is 7.11 Å². The smallest absolute Gasteiger partial charge is 0.0924 e. The molecular formula is C17H22O. The van der Waals surface area contributed by atoms with Gasteiger partial charge in [0.1, 0.15) is 0 Å². The van der Waals surface area contributed by atoms with Crippen molar-refractivity contribution in [3.8, 4) is 0 Å². The van der Waals surface area contributed by atoms with Crippen molar-refractivity contribution >= 4 is 0 Å². The fourth-order valence-electron chi connectivity index (χ4n) is 1.52. The molecule has 0 aromatic heterocycles. The maximum atomic E-state index is 5.10. The minimum atomic E-state index is 0.891. The molecular weight excluding hydrogens is 220 g/mol. The number of rotatable bonds is 5. The maximum Gasteiger partial charge on any atom is 0.0924 e. The highest BCUT2D eigenvalue weighted by atomic mass is 16.5. The van der Waals surface area contributed by atoms with E-state index in [1.807, 2.05) is 13.0 Å². The molecule has 1 aromatic carbocycles. The Morgan fingerprint density at radius 3 is 2.33 bits per heavy atom. The standard InChI is InChI=1S/C17H22O/c1-13-6-10-17(11-7-13)12-15(3)14(2)8-9-16(4)18-5/h6-11H,3,12H2,1-2,4-5H3/b14-8-,16-9+. The van der Waals surface area contributed by atoms with E-state index < -0.39 is 0 Å². The lowest BCUT2D eigenvalue weighted by atomic mass is 10.00. The Morgan fingerprint density at radius 1 is 1.17 bits per heavy atom. The van der Waals surface area contributed by atoms with Crippen LogP contribution in [0.4, 0.5) is 0 Å². The molecule has 0 atom stereocenters. The fraction of sp³-hybridized carbons (Fsp3) is 0.294. The van der Waals surface area contributed by atoms with Crippen LogP contribution in [0.15, 0.2) is 59.9 Å². The molecule has 0 spiro atoms. The number of methoxy groups -OCH3 is 1.